The molecule has 20 heavy (non-hydrogen) atoms. The quantitative estimate of drug-likeness (QED) is 0.339. The molecule has 0 saturated carbocycles. The molecule has 0 fully saturated rings. The number of ether oxygens (including phenoxy) is 1. The van der Waals surface area contributed by atoms with Gasteiger partial charge in [0.25, 0.3) is 3.79 Å². The van der Waals surface area contributed by atoms with Gasteiger partial charge >= 0.3 is 5.97 Å². The van der Waals surface area contributed by atoms with Crippen LogP contribution in [0.2, 0.25) is 0 Å². The van der Waals surface area contributed by atoms with Crippen LogP contribution in [0.25, 0.3) is 0 Å². The van der Waals surface area contributed by atoms with Gasteiger partial charge in [-0.2, -0.15) is 0 Å². The first kappa shape index (κ1) is 25.2. The maximum Gasteiger partial charge on any atom is 0.358 e. The predicted molar refractivity (Wildman–Crippen MR) is 84.7 cm³/mol. The van der Waals surface area contributed by atoms with Gasteiger partial charge in [0.2, 0.25) is 5.24 Å². The highest BCUT2D eigenvalue weighted by Gasteiger charge is 2.32. The van der Waals surface area contributed by atoms with E-state index >= 15 is 0 Å². The smallest absolute Gasteiger partial charge is 0.358 e. The third-order valence-electron chi connectivity index (χ3n) is 1.47. The second kappa shape index (κ2) is 17.3. The van der Waals surface area contributed by atoms with Crippen molar-refractivity contribution in [2.75, 3.05) is 13.2 Å². The Morgan fingerprint density at radius 3 is 1.70 bits per heavy atom. The van der Waals surface area contributed by atoms with E-state index in [2.05, 4.69) is 23.3 Å². The number of carbonyl (C=O) groups excluding carboxylic acids is 2. The third kappa shape index (κ3) is 30.9. The molecule has 0 aromatic heterocycles. The number of rotatable bonds is 5. The summed E-state index contributed by atoms with van der Waals surface area (Å²) in [5.74, 6) is -0.809. The zero-order valence-electron chi connectivity index (χ0n) is 11.9. The predicted octanol–water partition coefficient (Wildman–Crippen LogP) is 4.25. The minimum Gasteiger partial charge on any atom is -0.463 e. The first-order chi connectivity index (χ1) is 9.13. The topological polar surface area (TPSA) is 63.6 Å². The molecule has 0 radical (unpaired) electrons. The number of alkyl halides is 3. The molecule has 0 atom stereocenters. The van der Waals surface area contributed by atoms with Crippen molar-refractivity contribution in [3.8, 4) is 0 Å². The summed E-state index contributed by atoms with van der Waals surface area (Å²) in [4.78, 5) is 19.9. The molecule has 0 saturated heterocycles. The van der Waals surface area contributed by atoms with Gasteiger partial charge in [0.1, 0.15) is 0 Å². The van der Waals surface area contributed by atoms with Crippen molar-refractivity contribution >= 4 is 57.6 Å². The van der Waals surface area contributed by atoms with Crippen LogP contribution in [0.1, 0.15) is 46.5 Å². The lowest BCUT2D eigenvalue weighted by Crippen LogP contribution is -2.22. The Morgan fingerprint density at radius 1 is 1.10 bits per heavy atom. The van der Waals surface area contributed by atoms with Gasteiger partial charge in [-0.05, 0) is 24.4 Å². The molecule has 0 unspecified atom stereocenters. The Bertz CT molecular complexity index is 236. The zero-order chi connectivity index (χ0) is 16.6. The number of hydrogen-bond acceptors (Lipinski definition) is 4. The SMILES string of the molecule is CC(=O)Cl.CCCCO.CCCCOC(=O)C(Cl)(Cl)Cl. The average Bonchev–Trinajstić information content (AvgIpc) is 2.29. The normalized spacial score (nSPS) is 9.60. The van der Waals surface area contributed by atoms with Crippen molar-refractivity contribution < 1.29 is 19.4 Å². The first-order valence-corrected chi connectivity index (χ1v) is 7.65. The van der Waals surface area contributed by atoms with E-state index in [-0.39, 0.29) is 5.24 Å². The maximum absolute atomic E-state index is 10.7. The Kier molecular flexibility index (Phi) is 21.8. The Hall–Kier alpha value is 0.260. The summed E-state index contributed by atoms with van der Waals surface area (Å²) in [5, 5.41) is 7.71. The van der Waals surface area contributed by atoms with Gasteiger partial charge in [-0.3, -0.25) is 4.79 Å². The third-order valence-corrected chi connectivity index (χ3v) is 1.94. The van der Waals surface area contributed by atoms with Crippen molar-refractivity contribution in [1.82, 2.24) is 0 Å². The molecule has 0 aliphatic heterocycles. The highest BCUT2D eigenvalue weighted by molar-refractivity contribution is 6.75. The molecule has 4 nitrogen and oxygen atoms in total. The Labute approximate surface area is 140 Å². The van der Waals surface area contributed by atoms with Gasteiger partial charge < -0.3 is 9.84 Å². The molecule has 0 amide bonds. The van der Waals surface area contributed by atoms with Crippen LogP contribution in [0.4, 0.5) is 0 Å². The average molecular weight is 372 g/mol. The molecule has 0 aliphatic rings. The van der Waals surface area contributed by atoms with Crippen molar-refractivity contribution in [3.05, 3.63) is 0 Å². The van der Waals surface area contributed by atoms with Gasteiger partial charge in [-0.1, -0.05) is 61.5 Å². The second-order valence-corrected chi connectivity index (χ2v) is 6.35. The van der Waals surface area contributed by atoms with E-state index in [1.165, 1.54) is 6.92 Å². The minimum atomic E-state index is -1.94. The van der Waals surface area contributed by atoms with Crippen LogP contribution in [0.15, 0.2) is 0 Å². The number of unbranched alkanes of at least 4 members (excludes halogenated alkanes) is 2. The van der Waals surface area contributed by atoms with Crippen LogP contribution in [0.3, 0.4) is 0 Å². The molecule has 1 N–H and O–H groups in total. The van der Waals surface area contributed by atoms with Gasteiger partial charge in [-0.15, -0.1) is 0 Å². The van der Waals surface area contributed by atoms with Gasteiger partial charge in [0.15, 0.2) is 0 Å². The molecule has 122 valence electrons. The van der Waals surface area contributed by atoms with E-state index in [1.54, 1.807) is 0 Å². The fourth-order valence-electron chi connectivity index (χ4n) is 0.549. The molecule has 0 heterocycles. The number of esters is 1. The monoisotopic (exact) mass is 370 g/mol. The van der Waals surface area contributed by atoms with Crippen LogP contribution in [-0.4, -0.2) is 33.3 Å². The zero-order valence-corrected chi connectivity index (χ0v) is 15.0. The largest absolute Gasteiger partial charge is 0.463 e. The molecule has 0 aliphatic carbocycles. The number of hydrogen-bond donors (Lipinski definition) is 1. The summed E-state index contributed by atoms with van der Waals surface area (Å²) in [6, 6.07) is 0. The Balaban J connectivity index is -0.000000266. The van der Waals surface area contributed by atoms with Crippen molar-refractivity contribution in [1.29, 1.82) is 0 Å². The molecule has 8 heteroatoms. The Morgan fingerprint density at radius 2 is 1.50 bits per heavy atom. The summed E-state index contributed by atoms with van der Waals surface area (Å²) >= 11 is 20.3. The number of halogens is 4. The molecule has 0 spiro atoms. The van der Waals surface area contributed by atoms with E-state index < -0.39 is 9.76 Å². The van der Waals surface area contributed by atoms with E-state index in [4.69, 9.17) is 39.9 Å². The van der Waals surface area contributed by atoms with Gasteiger partial charge in [-0.25, -0.2) is 4.79 Å². The standard InChI is InChI=1S/C6H9Cl3O2.C4H10O.C2H3ClO/c1-2-3-4-11-5(10)6(7,8)9;1-2-3-4-5;1-2(3)4/h2-4H2,1H3;5H,2-4H2,1H3;1H3. The van der Waals surface area contributed by atoms with Crippen LogP contribution >= 0.6 is 46.4 Å². The van der Waals surface area contributed by atoms with Gasteiger partial charge in [0, 0.05) is 13.5 Å². The second-order valence-electron chi connectivity index (χ2n) is 3.53. The minimum absolute atomic E-state index is 0.309. The molecule has 0 bridgehead atoms. The fourth-order valence-corrected chi connectivity index (χ4v) is 0.713. The van der Waals surface area contributed by atoms with Crippen molar-refractivity contribution in [2.45, 2.75) is 50.2 Å². The molecular weight excluding hydrogens is 350 g/mol. The fraction of sp³-hybridized carbons (Fsp3) is 0.833. The molecular formula is C12H22Cl4O4. The van der Waals surface area contributed by atoms with Crippen molar-refractivity contribution in [2.24, 2.45) is 0 Å². The summed E-state index contributed by atoms with van der Waals surface area (Å²) in [6.07, 6.45) is 3.76. The van der Waals surface area contributed by atoms with E-state index in [1.807, 2.05) is 6.92 Å². The summed E-state index contributed by atoms with van der Waals surface area (Å²) in [5.41, 5.74) is 0. The summed E-state index contributed by atoms with van der Waals surface area (Å²) < 4.78 is 2.68. The van der Waals surface area contributed by atoms with Crippen LogP contribution in [0, 0.1) is 0 Å². The summed E-state index contributed by atoms with van der Waals surface area (Å²) in [7, 11) is 0. The molecule has 0 rings (SSSR count). The number of aliphatic hydroxyl groups is 1. The van der Waals surface area contributed by atoms with Crippen LogP contribution in [-0.2, 0) is 14.3 Å². The highest BCUT2D eigenvalue weighted by Crippen LogP contribution is 2.27. The van der Waals surface area contributed by atoms with Crippen LogP contribution in [0.5, 0.6) is 0 Å². The number of carbonyl (C=O) groups is 2. The lowest BCUT2D eigenvalue weighted by Gasteiger charge is -2.09. The summed E-state index contributed by atoms with van der Waals surface area (Å²) in [6.45, 7) is 5.97. The van der Waals surface area contributed by atoms with Gasteiger partial charge in [0.05, 0.1) is 6.61 Å². The van der Waals surface area contributed by atoms with E-state index in [9.17, 15) is 9.59 Å². The lowest BCUT2D eigenvalue weighted by atomic mass is 10.4. The van der Waals surface area contributed by atoms with E-state index in [0.717, 1.165) is 25.7 Å². The van der Waals surface area contributed by atoms with Crippen LogP contribution < -0.4 is 0 Å². The molecule has 0 aromatic rings. The van der Waals surface area contributed by atoms with E-state index in [0.29, 0.717) is 13.2 Å². The number of aliphatic hydroxyl groups excluding tert-OH is 1. The molecule has 0 aromatic carbocycles. The first-order valence-electron chi connectivity index (χ1n) is 6.14. The highest BCUT2D eigenvalue weighted by atomic mass is 35.6. The maximum atomic E-state index is 10.7. The van der Waals surface area contributed by atoms with Crippen molar-refractivity contribution in [3.63, 3.8) is 0 Å². The lowest BCUT2D eigenvalue weighted by molar-refractivity contribution is -0.142.